The van der Waals surface area contributed by atoms with Crippen molar-refractivity contribution >= 4 is 10.9 Å². The molecule has 0 atom stereocenters. The summed E-state index contributed by atoms with van der Waals surface area (Å²) in [5.41, 5.74) is 4.07. The Bertz CT molecular complexity index is 608. The fraction of sp³-hybridized carbons (Fsp3) is 0.526. The quantitative estimate of drug-likeness (QED) is 0.703. The lowest BCUT2D eigenvalue weighted by Crippen LogP contribution is -2.18. The Morgan fingerprint density at radius 1 is 0.850 bits per heavy atom. The van der Waals surface area contributed by atoms with Crippen molar-refractivity contribution in [3.63, 3.8) is 0 Å². The molecule has 1 aromatic heterocycles. The summed E-state index contributed by atoms with van der Waals surface area (Å²) in [6, 6.07) is 11.0. The van der Waals surface area contributed by atoms with Gasteiger partial charge in [0.25, 0.3) is 0 Å². The van der Waals surface area contributed by atoms with Gasteiger partial charge in [0.1, 0.15) is 0 Å². The fourth-order valence-corrected chi connectivity index (χ4v) is 2.49. The minimum absolute atomic E-state index is 0.143. The van der Waals surface area contributed by atoms with E-state index in [2.05, 4.69) is 71.9 Å². The first-order valence-corrected chi connectivity index (χ1v) is 7.72. The van der Waals surface area contributed by atoms with E-state index in [4.69, 9.17) is 4.98 Å². The zero-order valence-electron chi connectivity index (χ0n) is 13.7. The number of aromatic nitrogens is 1. The summed E-state index contributed by atoms with van der Waals surface area (Å²) >= 11 is 0. The Hall–Kier alpha value is -1.37. The largest absolute Gasteiger partial charge is 0.252 e. The van der Waals surface area contributed by atoms with E-state index in [-0.39, 0.29) is 10.8 Å². The monoisotopic (exact) mass is 269 g/mol. The lowest BCUT2D eigenvalue weighted by Gasteiger charge is -2.26. The number of benzene rings is 1. The van der Waals surface area contributed by atoms with Crippen LogP contribution in [0.4, 0.5) is 0 Å². The molecule has 0 bridgehead atoms. The second-order valence-corrected chi connectivity index (χ2v) is 7.04. The van der Waals surface area contributed by atoms with Crippen molar-refractivity contribution in [1.29, 1.82) is 0 Å². The smallest absolute Gasteiger partial charge is 0.0708 e. The highest BCUT2D eigenvalue weighted by Crippen LogP contribution is 2.34. The average Bonchev–Trinajstić information content (AvgIpc) is 2.45. The molecule has 0 fully saturated rings. The number of hydrogen-bond donors (Lipinski definition) is 0. The molecule has 20 heavy (non-hydrogen) atoms. The van der Waals surface area contributed by atoms with Crippen LogP contribution in [-0.2, 0) is 10.8 Å². The van der Waals surface area contributed by atoms with E-state index >= 15 is 0 Å². The molecule has 0 amide bonds. The van der Waals surface area contributed by atoms with Crippen LogP contribution < -0.4 is 0 Å². The second kappa shape index (κ2) is 5.20. The number of pyridine rings is 1. The maximum Gasteiger partial charge on any atom is 0.0708 e. The zero-order valence-corrected chi connectivity index (χ0v) is 13.7. The third kappa shape index (κ3) is 2.59. The molecule has 0 unspecified atom stereocenters. The Labute approximate surface area is 123 Å². The lowest BCUT2D eigenvalue weighted by atomic mass is 9.79. The van der Waals surface area contributed by atoms with E-state index in [0.717, 1.165) is 18.4 Å². The summed E-state index contributed by atoms with van der Waals surface area (Å²) in [6.07, 6.45) is 2.24. The maximum atomic E-state index is 4.93. The summed E-state index contributed by atoms with van der Waals surface area (Å²) < 4.78 is 0. The van der Waals surface area contributed by atoms with Gasteiger partial charge in [0.15, 0.2) is 0 Å². The summed E-state index contributed by atoms with van der Waals surface area (Å²) in [5, 5.41) is 1.30. The molecule has 0 saturated carbocycles. The molecule has 1 nitrogen and oxygen atoms in total. The van der Waals surface area contributed by atoms with Gasteiger partial charge in [0.2, 0.25) is 0 Å². The first-order valence-electron chi connectivity index (χ1n) is 7.72. The Morgan fingerprint density at radius 2 is 1.50 bits per heavy atom. The van der Waals surface area contributed by atoms with Crippen molar-refractivity contribution in [3.8, 4) is 0 Å². The van der Waals surface area contributed by atoms with E-state index in [0.29, 0.717) is 0 Å². The van der Waals surface area contributed by atoms with Gasteiger partial charge in [0.05, 0.1) is 5.52 Å². The van der Waals surface area contributed by atoms with Crippen molar-refractivity contribution < 1.29 is 0 Å². The van der Waals surface area contributed by atoms with Gasteiger partial charge in [-0.1, -0.05) is 59.7 Å². The van der Waals surface area contributed by atoms with Crippen LogP contribution in [0.3, 0.4) is 0 Å². The first-order chi connectivity index (χ1) is 9.31. The molecule has 0 radical (unpaired) electrons. The number of fused-ring (bicyclic) bond motifs is 1. The predicted molar refractivity (Wildman–Crippen MR) is 88.4 cm³/mol. The van der Waals surface area contributed by atoms with Crippen LogP contribution >= 0.6 is 0 Å². The van der Waals surface area contributed by atoms with Crippen LogP contribution in [0, 0.1) is 0 Å². The minimum Gasteiger partial charge on any atom is -0.252 e. The molecule has 0 saturated heterocycles. The fourth-order valence-electron chi connectivity index (χ4n) is 2.49. The highest BCUT2D eigenvalue weighted by atomic mass is 14.7. The van der Waals surface area contributed by atoms with Gasteiger partial charge in [0, 0.05) is 16.5 Å². The van der Waals surface area contributed by atoms with Crippen LogP contribution in [0.2, 0.25) is 0 Å². The molecule has 108 valence electrons. The molecule has 1 aromatic carbocycles. The molecule has 0 N–H and O–H groups in total. The number of hydrogen-bond acceptors (Lipinski definition) is 1. The number of rotatable bonds is 4. The van der Waals surface area contributed by atoms with Crippen molar-refractivity contribution in [2.75, 3.05) is 0 Å². The molecule has 0 aliphatic heterocycles. The highest BCUT2D eigenvalue weighted by Gasteiger charge is 2.23. The second-order valence-electron chi connectivity index (χ2n) is 7.04. The average molecular weight is 269 g/mol. The Morgan fingerprint density at radius 3 is 2.10 bits per heavy atom. The van der Waals surface area contributed by atoms with Crippen LogP contribution in [0.5, 0.6) is 0 Å². The molecular weight excluding hydrogens is 242 g/mol. The van der Waals surface area contributed by atoms with Gasteiger partial charge in [-0.3, -0.25) is 4.98 Å². The lowest BCUT2D eigenvalue weighted by molar-refractivity contribution is 0.491. The molecule has 1 heteroatoms. The van der Waals surface area contributed by atoms with Gasteiger partial charge < -0.3 is 0 Å². The van der Waals surface area contributed by atoms with Crippen molar-refractivity contribution in [1.82, 2.24) is 4.98 Å². The van der Waals surface area contributed by atoms with Gasteiger partial charge in [-0.05, 0) is 36.0 Å². The van der Waals surface area contributed by atoms with E-state index < -0.39 is 0 Å². The predicted octanol–water partition coefficient (Wildman–Crippen LogP) is 5.61. The SMILES string of the molecule is CCC(C)(C)c1ccc2c(C(C)(C)CC)cccc2n1. The highest BCUT2D eigenvalue weighted by molar-refractivity contribution is 5.83. The maximum absolute atomic E-state index is 4.93. The van der Waals surface area contributed by atoms with E-state index in [1.165, 1.54) is 16.6 Å². The van der Waals surface area contributed by atoms with Crippen LogP contribution in [0.15, 0.2) is 30.3 Å². The summed E-state index contributed by atoms with van der Waals surface area (Å²) in [4.78, 5) is 4.93. The Kier molecular flexibility index (Phi) is 3.90. The third-order valence-corrected chi connectivity index (χ3v) is 4.92. The molecule has 0 aliphatic rings. The molecule has 0 spiro atoms. The van der Waals surface area contributed by atoms with Crippen molar-refractivity contribution in [3.05, 3.63) is 41.6 Å². The zero-order chi connectivity index (χ0) is 15.0. The number of nitrogens with zero attached hydrogens (tertiary/aromatic N) is 1. The van der Waals surface area contributed by atoms with E-state index in [1.807, 2.05) is 0 Å². The summed E-state index contributed by atoms with van der Waals surface area (Å²) in [7, 11) is 0. The molecule has 1 heterocycles. The van der Waals surface area contributed by atoms with Crippen LogP contribution in [0.25, 0.3) is 10.9 Å². The van der Waals surface area contributed by atoms with Gasteiger partial charge in [-0.15, -0.1) is 0 Å². The third-order valence-electron chi connectivity index (χ3n) is 4.92. The summed E-state index contributed by atoms with van der Waals surface area (Å²) in [5.74, 6) is 0. The van der Waals surface area contributed by atoms with Gasteiger partial charge in [-0.2, -0.15) is 0 Å². The topological polar surface area (TPSA) is 12.9 Å². The van der Waals surface area contributed by atoms with Gasteiger partial charge in [-0.25, -0.2) is 0 Å². The molecular formula is C19H27N. The van der Waals surface area contributed by atoms with Crippen molar-refractivity contribution in [2.24, 2.45) is 0 Å². The van der Waals surface area contributed by atoms with Gasteiger partial charge >= 0.3 is 0 Å². The molecule has 2 rings (SSSR count). The van der Waals surface area contributed by atoms with Crippen LogP contribution in [0.1, 0.15) is 65.6 Å². The standard InChI is InChI=1S/C19H27N/c1-7-18(3,4)15-10-9-11-16-14(15)12-13-17(20-16)19(5,6)8-2/h9-13H,7-8H2,1-6H3. The summed E-state index contributed by atoms with van der Waals surface area (Å²) in [6.45, 7) is 13.6. The molecule has 2 aromatic rings. The van der Waals surface area contributed by atoms with E-state index in [1.54, 1.807) is 0 Å². The van der Waals surface area contributed by atoms with Crippen LogP contribution in [-0.4, -0.2) is 4.98 Å². The van der Waals surface area contributed by atoms with Crippen molar-refractivity contribution in [2.45, 2.75) is 65.2 Å². The normalized spacial score (nSPS) is 12.9. The van der Waals surface area contributed by atoms with E-state index in [9.17, 15) is 0 Å². The Balaban J connectivity index is 2.63. The molecule has 0 aliphatic carbocycles. The first kappa shape index (κ1) is 15.0. The minimum atomic E-state index is 0.143.